The zero-order valence-electron chi connectivity index (χ0n) is 16.2. The van der Waals surface area contributed by atoms with Crippen molar-refractivity contribution in [2.75, 3.05) is 37.9 Å². The van der Waals surface area contributed by atoms with Gasteiger partial charge in [-0.1, -0.05) is 29.3 Å². The summed E-state index contributed by atoms with van der Waals surface area (Å²) in [5, 5.41) is 6.17. The fraction of sp³-hybridized carbons (Fsp3) is 0.250. The molecule has 0 aromatic heterocycles. The van der Waals surface area contributed by atoms with E-state index in [2.05, 4.69) is 15.4 Å². The molecule has 2 rings (SSSR count). The Morgan fingerprint density at radius 1 is 0.966 bits per heavy atom. The maximum absolute atomic E-state index is 12.3. The zero-order chi connectivity index (χ0) is 21.6. The Bertz CT molecular complexity index is 934. The van der Waals surface area contributed by atoms with Crippen LogP contribution in [0.1, 0.15) is 15.9 Å². The van der Waals surface area contributed by atoms with Gasteiger partial charge in [-0.15, -0.1) is 0 Å². The second-order valence-electron chi connectivity index (χ2n) is 6.42. The number of carbonyl (C=O) groups excluding carboxylic acids is 3. The Kier molecular flexibility index (Phi) is 8.01. The summed E-state index contributed by atoms with van der Waals surface area (Å²) in [5.74, 6) is -1.11. The molecule has 2 N–H and O–H groups in total. The maximum Gasteiger partial charge on any atom is 0.337 e. The molecule has 0 bridgehead atoms. The molecule has 0 fully saturated rings. The third kappa shape index (κ3) is 6.74. The minimum atomic E-state index is -0.489. The molecular weight excluding hydrogens is 417 g/mol. The Balaban J connectivity index is 1.91. The van der Waals surface area contributed by atoms with Gasteiger partial charge in [-0.3, -0.25) is 14.5 Å². The fourth-order valence-corrected chi connectivity index (χ4v) is 2.81. The van der Waals surface area contributed by atoms with Crippen LogP contribution in [0, 0.1) is 6.92 Å². The second-order valence-corrected chi connectivity index (χ2v) is 7.23. The molecule has 0 spiro atoms. The average molecular weight is 438 g/mol. The number of anilines is 2. The first-order valence-electron chi connectivity index (χ1n) is 8.62. The smallest absolute Gasteiger partial charge is 0.337 e. The number of hydrogen-bond donors (Lipinski definition) is 2. The lowest BCUT2D eigenvalue weighted by Crippen LogP contribution is -2.36. The predicted octanol–water partition coefficient (Wildman–Crippen LogP) is 3.60. The summed E-state index contributed by atoms with van der Waals surface area (Å²) in [4.78, 5) is 37.7. The first kappa shape index (κ1) is 22.7. The van der Waals surface area contributed by atoms with E-state index in [4.69, 9.17) is 23.2 Å². The molecule has 0 aliphatic carbocycles. The van der Waals surface area contributed by atoms with E-state index in [1.165, 1.54) is 7.11 Å². The molecule has 0 heterocycles. The lowest BCUT2D eigenvalue weighted by molar-refractivity contribution is -0.119. The first-order valence-corrected chi connectivity index (χ1v) is 9.37. The van der Waals surface area contributed by atoms with Crippen molar-refractivity contribution >= 4 is 52.4 Å². The minimum Gasteiger partial charge on any atom is -0.465 e. The van der Waals surface area contributed by atoms with Crippen molar-refractivity contribution < 1.29 is 19.1 Å². The summed E-state index contributed by atoms with van der Waals surface area (Å²) >= 11 is 11.8. The van der Waals surface area contributed by atoms with Crippen molar-refractivity contribution in [2.45, 2.75) is 6.92 Å². The van der Waals surface area contributed by atoms with Crippen molar-refractivity contribution in [3.63, 3.8) is 0 Å². The molecule has 0 radical (unpaired) electrons. The first-order chi connectivity index (χ1) is 13.7. The summed E-state index contributed by atoms with van der Waals surface area (Å²) in [7, 11) is 2.93. The molecule has 29 heavy (non-hydrogen) atoms. The fourth-order valence-electron chi connectivity index (χ4n) is 2.51. The highest BCUT2D eigenvalue weighted by Crippen LogP contribution is 2.25. The highest BCUT2D eigenvalue weighted by molar-refractivity contribution is 6.42. The predicted molar refractivity (Wildman–Crippen MR) is 114 cm³/mol. The van der Waals surface area contributed by atoms with Crippen molar-refractivity contribution in [3.05, 3.63) is 57.6 Å². The van der Waals surface area contributed by atoms with Gasteiger partial charge < -0.3 is 15.4 Å². The summed E-state index contributed by atoms with van der Waals surface area (Å²) in [5.41, 5.74) is 2.15. The van der Waals surface area contributed by atoms with Crippen LogP contribution in [0.5, 0.6) is 0 Å². The van der Waals surface area contributed by atoms with Crippen LogP contribution in [-0.2, 0) is 14.3 Å². The van der Waals surface area contributed by atoms with Gasteiger partial charge in [0.15, 0.2) is 0 Å². The van der Waals surface area contributed by atoms with E-state index in [1.807, 2.05) is 6.92 Å². The van der Waals surface area contributed by atoms with Crippen LogP contribution in [-0.4, -0.2) is 49.9 Å². The van der Waals surface area contributed by atoms with Crippen molar-refractivity contribution in [1.29, 1.82) is 0 Å². The summed E-state index contributed by atoms with van der Waals surface area (Å²) in [6.07, 6.45) is 0. The van der Waals surface area contributed by atoms with Crippen LogP contribution < -0.4 is 10.6 Å². The quantitative estimate of drug-likeness (QED) is 0.646. The van der Waals surface area contributed by atoms with Crippen LogP contribution in [0.3, 0.4) is 0 Å². The number of benzene rings is 2. The number of amides is 2. The van der Waals surface area contributed by atoms with Crippen molar-refractivity contribution in [2.24, 2.45) is 0 Å². The number of ether oxygens (including phenoxy) is 1. The molecule has 0 aliphatic rings. The Hall–Kier alpha value is -2.61. The molecule has 2 amide bonds. The summed E-state index contributed by atoms with van der Waals surface area (Å²) in [6, 6.07) is 9.66. The van der Waals surface area contributed by atoms with E-state index in [-0.39, 0.29) is 24.9 Å². The number of carbonyl (C=O) groups is 3. The second kappa shape index (κ2) is 10.2. The number of halogens is 2. The van der Waals surface area contributed by atoms with Crippen LogP contribution in [0.4, 0.5) is 11.4 Å². The van der Waals surface area contributed by atoms with Crippen LogP contribution >= 0.6 is 23.2 Å². The number of methoxy groups -OCH3 is 1. The standard InChI is InChI=1S/C20H21Cl2N3O4/c1-12-4-5-13(20(28)29-3)8-17(12)24-19(27)11-25(2)10-18(26)23-14-6-7-15(21)16(22)9-14/h4-9H,10-11H2,1-3H3,(H,23,26)(H,24,27). The van der Waals surface area contributed by atoms with Gasteiger partial charge in [0.05, 0.1) is 35.8 Å². The van der Waals surface area contributed by atoms with Crippen LogP contribution in [0.15, 0.2) is 36.4 Å². The minimum absolute atomic E-state index is 0.00511. The maximum atomic E-state index is 12.3. The molecule has 2 aromatic carbocycles. The normalized spacial score (nSPS) is 10.6. The molecular formula is C20H21Cl2N3O4. The number of esters is 1. The van der Waals surface area contributed by atoms with Crippen molar-refractivity contribution in [3.8, 4) is 0 Å². The van der Waals surface area contributed by atoms with Gasteiger partial charge in [-0.2, -0.15) is 0 Å². The van der Waals surface area contributed by atoms with E-state index < -0.39 is 5.97 Å². The molecule has 0 unspecified atom stereocenters. The van der Waals surface area contributed by atoms with E-state index in [0.29, 0.717) is 27.0 Å². The third-order valence-electron chi connectivity index (χ3n) is 3.96. The van der Waals surface area contributed by atoms with Gasteiger partial charge in [0.1, 0.15) is 0 Å². The van der Waals surface area contributed by atoms with E-state index in [9.17, 15) is 14.4 Å². The molecule has 0 saturated heterocycles. The highest BCUT2D eigenvalue weighted by atomic mass is 35.5. The average Bonchev–Trinajstić information content (AvgIpc) is 2.65. The summed E-state index contributed by atoms with van der Waals surface area (Å²) in [6.45, 7) is 1.79. The van der Waals surface area contributed by atoms with Crippen LogP contribution in [0.25, 0.3) is 0 Å². The molecule has 2 aromatic rings. The zero-order valence-corrected chi connectivity index (χ0v) is 17.7. The monoisotopic (exact) mass is 437 g/mol. The highest BCUT2D eigenvalue weighted by Gasteiger charge is 2.14. The van der Waals surface area contributed by atoms with Gasteiger partial charge in [-0.05, 0) is 49.9 Å². The van der Waals surface area contributed by atoms with Gasteiger partial charge in [-0.25, -0.2) is 4.79 Å². The lowest BCUT2D eigenvalue weighted by atomic mass is 10.1. The number of rotatable bonds is 7. The van der Waals surface area contributed by atoms with E-state index in [0.717, 1.165) is 5.56 Å². The van der Waals surface area contributed by atoms with Crippen LogP contribution in [0.2, 0.25) is 10.0 Å². The number of likely N-dealkylation sites (N-methyl/N-ethyl adjacent to an activating group) is 1. The number of nitrogens with one attached hydrogen (secondary N) is 2. The molecule has 9 heteroatoms. The van der Waals surface area contributed by atoms with E-state index in [1.54, 1.807) is 48.3 Å². The largest absolute Gasteiger partial charge is 0.465 e. The van der Waals surface area contributed by atoms with Gasteiger partial charge in [0.25, 0.3) is 0 Å². The molecule has 154 valence electrons. The summed E-state index contributed by atoms with van der Waals surface area (Å²) < 4.78 is 4.69. The molecule has 0 aliphatic heterocycles. The molecule has 7 nitrogen and oxygen atoms in total. The number of hydrogen-bond acceptors (Lipinski definition) is 5. The number of aryl methyl sites for hydroxylation is 1. The molecule has 0 atom stereocenters. The van der Waals surface area contributed by atoms with Crippen molar-refractivity contribution in [1.82, 2.24) is 4.90 Å². The lowest BCUT2D eigenvalue weighted by Gasteiger charge is -2.17. The van der Waals surface area contributed by atoms with Gasteiger partial charge >= 0.3 is 5.97 Å². The third-order valence-corrected chi connectivity index (χ3v) is 4.70. The topological polar surface area (TPSA) is 87.7 Å². The Labute approximate surface area is 178 Å². The number of nitrogens with zero attached hydrogens (tertiary/aromatic N) is 1. The van der Waals surface area contributed by atoms with Gasteiger partial charge in [0, 0.05) is 11.4 Å². The SMILES string of the molecule is COC(=O)c1ccc(C)c(NC(=O)CN(C)CC(=O)Nc2ccc(Cl)c(Cl)c2)c1. The van der Waals surface area contributed by atoms with Gasteiger partial charge in [0.2, 0.25) is 11.8 Å². The Morgan fingerprint density at radius 3 is 2.24 bits per heavy atom. The van der Waals surface area contributed by atoms with E-state index >= 15 is 0 Å². The molecule has 0 saturated carbocycles. The Morgan fingerprint density at radius 2 is 1.62 bits per heavy atom.